The van der Waals surface area contributed by atoms with E-state index >= 15 is 0 Å². The number of ether oxygens (including phenoxy) is 1. The Morgan fingerprint density at radius 2 is 1.13 bits per heavy atom. The highest BCUT2D eigenvalue weighted by molar-refractivity contribution is 9.10. The van der Waals surface area contributed by atoms with Gasteiger partial charge in [-0.05, 0) is 95.9 Å². The van der Waals surface area contributed by atoms with E-state index in [1.165, 1.54) is 29.8 Å². The van der Waals surface area contributed by atoms with Gasteiger partial charge in [-0.3, -0.25) is 24.9 Å². The third-order valence-corrected chi connectivity index (χ3v) is 12.4. The Labute approximate surface area is 430 Å². The average molecular weight is 1140 g/mol. The van der Waals surface area contributed by atoms with Crippen LogP contribution in [0.4, 0.5) is 84.7 Å². The van der Waals surface area contributed by atoms with Gasteiger partial charge in [0, 0.05) is 120 Å². The number of nitro benzene ring substituents is 2. The molecule has 0 spiro atoms. The van der Waals surface area contributed by atoms with Crippen LogP contribution in [-0.4, -0.2) is 52.0 Å². The molecule has 0 amide bonds. The molecule has 28 heteroatoms. The highest BCUT2D eigenvalue weighted by Gasteiger charge is 2.24. The van der Waals surface area contributed by atoms with Crippen LogP contribution in [0.5, 0.6) is 0 Å². The van der Waals surface area contributed by atoms with Gasteiger partial charge >= 0.3 is 17.3 Å². The lowest BCUT2D eigenvalue weighted by Gasteiger charge is -2.14. The van der Waals surface area contributed by atoms with Crippen molar-refractivity contribution >= 4 is 84.4 Å². The third kappa shape index (κ3) is 13.0. The van der Waals surface area contributed by atoms with E-state index < -0.39 is 38.8 Å². The molecule has 6 heterocycles. The van der Waals surface area contributed by atoms with Crippen molar-refractivity contribution in [1.29, 1.82) is 0 Å². The van der Waals surface area contributed by atoms with Crippen molar-refractivity contribution in [3.8, 4) is 22.5 Å². The number of methoxy groups -OCH3 is 1. The molecule has 0 unspecified atom stereocenters. The van der Waals surface area contributed by atoms with Crippen molar-refractivity contribution in [2.75, 3.05) is 17.7 Å². The van der Waals surface area contributed by atoms with Gasteiger partial charge in [0.25, 0.3) is 0 Å². The van der Waals surface area contributed by atoms with Crippen molar-refractivity contribution in [2.24, 2.45) is 0 Å². The van der Waals surface area contributed by atoms with E-state index in [2.05, 4.69) is 81.1 Å². The second-order valence-corrected chi connectivity index (χ2v) is 16.9. The number of nitrogens with one attached hydrogen (secondary N) is 2. The molecule has 402 valence electrons. The maximum absolute atomic E-state index is 14.0. The zero-order valence-corrected chi connectivity index (χ0v) is 41.2. The Bertz CT molecular complexity index is 3400. The molecule has 76 heavy (non-hydrogen) atoms. The number of hydrogen-bond donors (Lipinski definition) is 2. The molecule has 10 rings (SSSR count). The van der Waals surface area contributed by atoms with Crippen molar-refractivity contribution in [1.82, 2.24) is 29.1 Å². The lowest BCUT2D eigenvalue weighted by atomic mass is 10.0. The summed E-state index contributed by atoms with van der Waals surface area (Å²) in [7, 11) is 1.30. The Hall–Kier alpha value is -8.56. The smallest absolute Gasteiger partial charge is 0.330 e. The Balaban J connectivity index is 0.000000289. The summed E-state index contributed by atoms with van der Waals surface area (Å²) in [5, 5.41) is 30.5. The normalized spacial score (nSPS) is 11.6. The van der Waals surface area contributed by atoms with Crippen LogP contribution in [0.3, 0.4) is 0 Å². The number of carbonyl (C=O) groups is 1. The van der Waals surface area contributed by atoms with Crippen LogP contribution in [0.25, 0.3) is 50.4 Å². The number of anilines is 4. The number of halogens is 12. The first-order valence-corrected chi connectivity index (χ1v) is 22.4. The highest BCUT2D eigenvalue weighted by Crippen LogP contribution is 2.40. The molecule has 0 radical (unpaired) electrons. The first-order valence-electron chi connectivity index (χ1n) is 21.7. The highest BCUT2D eigenvalue weighted by atomic mass is 79.9. The predicted octanol–water partition coefficient (Wildman–Crippen LogP) is 14.8. The van der Waals surface area contributed by atoms with Gasteiger partial charge in [0.2, 0.25) is 23.5 Å². The molecule has 4 aromatic carbocycles. The number of benzene rings is 4. The second-order valence-electron chi connectivity index (χ2n) is 16.1. The van der Waals surface area contributed by atoms with Crippen molar-refractivity contribution in [2.45, 2.75) is 52.6 Å². The Kier molecular flexibility index (Phi) is 21.8. The summed E-state index contributed by atoms with van der Waals surface area (Å²) in [6, 6.07) is 17.0. The minimum atomic E-state index is -0.915. The summed E-state index contributed by atoms with van der Waals surface area (Å²) in [5.41, 5.74) is 9.14. The first kappa shape index (κ1) is 60.0. The molecule has 0 saturated carbocycles. The number of aromatic nitrogens is 6. The van der Waals surface area contributed by atoms with Crippen molar-refractivity contribution < 1.29 is 69.5 Å². The lowest BCUT2D eigenvalue weighted by molar-refractivity contribution is -0.387. The van der Waals surface area contributed by atoms with Gasteiger partial charge in [0.05, 0.1) is 55.2 Å². The summed E-state index contributed by atoms with van der Waals surface area (Å²) in [5.74, 6) is -1.85. The van der Waals surface area contributed by atoms with Crippen LogP contribution in [-0.2, 0) is 35.5 Å². The van der Waals surface area contributed by atoms with Crippen molar-refractivity contribution in [3.63, 3.8) is 0 Å². The number of rotatable bonds is 10. The van der Waals surface area contributed by atoms with Crippen LogP contribution in [0.2, 0.25) is 0 Å². The molecule has 0 saturated heterocycles. The van der Waals surface area contributed by atoms with E-state index in [1.807, 2.05) is 18.3 Å². The average Bonchev–Trinajstić information content (AvgIpc) is 4.00. The Morgan fingerprint density at radius 3 is 1.58 bits per heavy atom. The van der Waals surface area contributed by atoms with Crippen LogP contribution in [0, 0.1) is 45.7 Å². The summed E-state index contributed by atoms with van der Waals surface area (Å²) in [6.07, 6.45) is 14.4. The van der Waals surface area contributed by atoms with Crippen LogP contribution >= 0.6 is 15.9 Å². The zero-order chi connectivity index (χ0) is 55.1. The molecule has 2 N–H and O–H groups in total. The van der Waals surface area contributed by atoms with E-state index in [4.69, 9.17) is 46.3 Å². The third-order valence-electron chi connectivity index (χ3n) is 11.8. The summed E-state index contributed by atoms with van der Waals surface area (Å²) in [4.78, 5) is 50.6. The zero-order valence-electron chi connectivity index (χ0n) is 39.6. The Morgan fingerprint density at radius 1 is 0.697 bits per heavy atom. The van der Waals surface area contributed by atoms with Gasteiger partial charge in [-0.25, -0.2) is 24.7 Å². The quantitative estimate of drug-likeness (QED) is 0.0433. The molecule has 0 aliphatic carbocycles. The van der Waals surface area contributed by atoms with Gasteiger partial charge in [-0.2, -0.15) is 8.78 Å². The van der Waals surface area contributed by atoms with E-state index in [0.717, 1.165) is 101 Å². The van der Waals surface area contributed by atoms with Gasteiger partial charge < -0.3 is 24.5 Å². The number of nitro groups is 2. The van der Waals surface area contributed by atoms with Crippen molar-refractivity contribution in [3.05, 3.63) is 156 Å². The largest absolute Gasteiger partial charge is 0.466 e. The monoisotopic (exact) mass is 1140 g/mol. The van der Waals surface area contributed by atoms with Gasteiger partial charge in [-0.15, -0.1) is 0 Å². The van der Waals surface area contributed by atoms with Gasteiger partial charge in [0.15, 0.2) is 0 Å². The number of nitrogens with zero attached hydrogens (tertiary/aromatic N) is 8. The van der Waals surface area contributed by atoms with E-state index in [9.17, 15) is 33.8 Å². The second kappa shape index (κ2) is 27.7. The molecule has 2 aliphatic heterocycles. The van der Waals surface area contributed by atoms with E-state index in [-0.39, 0.29) is 16.6 Å². The maximum atomic E-state index is 14.0. The molecule has 4 aromatic heterocycles. The van der Waals surface area contributed by atoms with E-state index in [0.29, 0.717) is 33.8 Å². The minimum absolute atomic E-state index is 0. The molecule has 0 fully saturated rings. The molecule has 2 aliphatic rings. The summed E-state index contributed by atoms with van der Waals surface area (Å²) >= 11 is 3.56. The fourth-order valence-electron chi connectivity index (χ4n) is 8.63. The topological polar surface area (TPSA) is 198 Å². The number of para-hydroxylation sites is 2. The molecule has 0 bridgehead atoms. The molecule has 16 nitrogen and oxygen atoms in total. The first-order chi connectivity index (χ1) is 36.3. The van der Waals surface area contributed by atoms with Crippen LogP contribution in [0.15, 0.2) is 96.0 Å². The number of esters is 1. The fraction of sp³-hybridized carbons (Fsp3) is 0.188. The summed E-state index contributed by atoms with van der Waals surface area (Å²) in [6.45, 7) is 5.14. The number of hydrogen-bond acceptors (Lipinski definition) is 12. The lowest BCUT2D eigenvalue weighted by Crippen LogP contribution is -2.05. The molecular weight excluding hydrogens is 1100 g/mol. The van der Waals surface area contributed by atoms with Crippen LogP contribution in [0.1, 0.15) is 40.7 Å². The maximum Gasteiger partial charge on any atom is 0.330 e. The fourth-order valence-corrected chi connectivity index (χ4v) is 9.04. The number of carbonyl (C=O) groups excluding carboxylic acids is 1. The SMILES string of the molecule is COC(=O)C=Cc1cnc(Nc2cc([N+](=O)[O-])c(F)cc2C)nc1-c1cn2c3c(cccc13)CCC2.Cc1cc(F)c([N+](=O)[O-])cc1Nc1ncc(Br)c(-c2cn3c4c(cccc24)CCC3)n1.F.FF.FF.FF.FF. The van der Waals surface area contributed by atoms with E-state index in [1.54, 1.807) is 32.3 Å². The molecular formula is C48H40BrF11N10O6. The minimum Gasteiger partial charge on any atom is -0.466 e. The van der Waals surface area contributed by atoms with Gasteiger partial charge in [0.1, 0.15) is 0 Å². The molecule has 0 atom stereocenters. The standard InChI is InChI=1S/C26H22FN5O4.C22H17BrFN5O2.4F2.FH/c1-15-11-20(27)22(32(34)35)12-21(15)29-26-28-13-17(8-9-23(33)36-2)24(30-26)19-14-31-10-4-6-16-5-3-7-18(19)25(16)31;1-12-8-17(24)19(29(30)31)9-18(12)26-22-25-10-16(23)20(27-22)15-11-28-7-3-5-13-4-2-6-14(15)21(13)28;4*1-2;/h3,5,7-9,11-14H,4,6,10H2,1-2H3,(H,28,29,30);2,4,6,8-11H,3,5,7H2,1H3,(H,25,26,27);;;;;1H. The van der Waals surface area contributed by atoms with Gasteiger partial charge in [-0.1, -0.05) is 36.4 Å². The number of aryl methyl sites for hydroxylation is 6. The molecule has 8 aromatic rings. The van der Waals surface area contributed by atoms with Crippen LogP contribution < -0.4 is 10.6 Å². The summed E-state index contributed by atoms with van der Waals surface area (Å²) < 4.78 is 102. The predicted molar refractivity (Wildman–Crippen MR) is 265 cm³/mol.